The lowest BCUT2D eigenvalue weighted by atomic mass is 9.77. The fourth-order valence-corrected chi connectivity index (χ4v) is 10.5. The van der Waals surface area contributed by atoms with Crippen LogP contribution in [0, 0.1) is 0 Å². The Morgan fingerprint density at radius 1 is 0.831 bits per heavy atom. The quantitative estimate of drug-likeness (QED) is 0.0213. The van der Waals surface area contributed by atoms with Gasteiger partial charge < -0.3 is 20.2 Å². The molecule has 59 heavy (non-hydrogen) atoms. The van der Waals surface area contributed by atoms with Crippen molar-refractivity contribution >= 4 is 74.3 Å². The van der Waals surface area contributed by atoms with Crippen molar-refractivity contribution in [3.05, 3.63) is 202 Å². The number of carbonyl (C=O) groups excluding carboxylic acids is 3. The molecule has 2 aliphatic rings. The summed E-state index contributed by atoms with van der Waals surface area (Å²) in [5, 5.41) is 12.4. The summed E-state index contributed by atoms with van der Waals surface area (Å²) >= 11 is 5.01. The van der Waals surface area contributed by atoms with E-state index in [1.165, 1.54) is 35.1 Å². The third-order valence-electron chi connectivity index (χ3n) is 10.2. The number of ether oxygens (including phenoxy) is 1. The fourth-order valence-electron chi connectivity index (χ4n) is 7.41. The van der Waals surface area contributed by atoms with E-state index in [1.807, 2.05) is 115 Å². The van der Waals surface area contributed by atoms with Gasteiger partial charge in [0.1, 0.15) is 35.5 Å². The number of esters is 1. The van der Waals surface area contributed by atoms with Gasteiger partial charge in [-0.3, -0.25) is 14.5 Å². The monoisotopic (exact) mass is 931 g/mol. The van der Waals surface area contributed by atoms with E-state index < -0.39 is 40.8 Å². The number of nitrogens with one attached hydrogen (secondary N) is 2. The summed E-state index contributed by atoms with van der Waals surface area (Å²) in [5.41, 5.74) is 4.94. The first-order valence-corrected chi connectivity index (χ1v) is 22.2. The first-order valence-electron chi connectivity index (χ1n) is 18.8. The molecule has 10 nitrogen and oxygen atoms in total. The van der Waals surface area contributed by atoms with Crippen molar-refractivity contribution in [3.63, 3.8) is 0 Å². The number of fused-ring (bicyclic) bond motifs is 1. The highest BCUT2D eigenvalue weighted by molar-refractivity contribution is 14.1. The number of β-lactam (4-membered cyclic amide) rings is 1. The Hall–Kier alpha value is -5.77. The largest absolute Gasteiger partial charge is 0.448 e. The lowest BCUT2D eigenvalue weighted by Gasteiger charge is -2.49. The highest BCUT2D eigenvalue weighted by Gasteiger charge is 2.55. The Morgan fingerprint density at radius 2 is 1.34 bits per heavy atom. The number of hydrogen-bond donors (Lipinski definition) is 2. The molecule has 296 valence electrons. The summed E-state index contributed by atoms with van der Waals surface area (Å²) in [5.74, 6) is -1.17. The van der Waals surface area contributed by atoms with Crippen LogP contribution in [0.3, 0.4) is 0 Å². The van der Waals surface area contributed by atoms with Crippen LogP contribution in [-0.2, 0) is 29.5 Å². The number of thiazole rings is 1. The van der Waals surface area contributed by atoms with Gasteiger partial charge >= 0.3 is 5.97 Å². The van der Waals surface area contributed by atoms with Crippen molar-refractivity contribution in [1.29, 1.82) is 0 Å². The molecular formula is C46H38IN5O5S2. The minimum atomic E-state index is -0.926. The van der Waals surface area contributed by atoms with Crippen molar-refractivity contribution in [2.75, 3.05) is 22.6 Å². The number of anilines is 1. The number of rotatable bonds is 14. The first kappa shape index (κ1) is 40.0. The van der Waals surface area contributed by atoms with E-state index in [-0.39, 0.29) is 17.1 Å². The predicted molar refractivity (Wildman–Crippen MR) is 240 cm³/mol. The topological polar surface area (TPSA) is 122 Å². The Balaban J connectivity index is 1.03. The molecule has 0 bridgehead atoms. The number of benzene rings is 5. The minimum Gasteiger partial charge on any atom is -0.448 e. The zero-order chi connectivity index (χ0) is 40.8. The Morgan fingerprint density at radius 3 is 1.83 bits per heavy atom. The number of amides is 2. The molecule has 2 atom stereocenters. The average Bonchev–Trinajstić information content (AvgIpc) is 3.76. The maximum absolute atomic E-state index is 14.1. The summed E-state index contributed by atoms with van der Waals surface area (Å²) in [7, 11) is 1.35. The van der Waals surface area contributed by atoms with E-state index in [0.717, 1.165) is 33.4 Å². The van der Waals surface area contributed by atoms with E-state index in [9.17, 15) is 14.4 Å². The number of thioether (sulfide) groups is 1. The molecule has 2 amide bonds. The summed E-state index contributed by atoms with van der Waals surface area (Å²) < 4.78 is 6.74. The number of carbonyl (C=O) groups is 3. The van der Waals surface area contributed by atoms with E-state index in [2.05, 4.69) is 74.8 Å². The van der Waals surface area contributed by atoms with Crippen LogP contribution in [0.25, 0.3) is 0 Å². The van der Waals surface area contributed by atoms with E-state index in [0.29, 0.717) is 15.3 Å². The highest BCUT2D eigenvalue weighted by atomic mass is 127. The molecule has 0 radical (unpaired) electrons. The minimum absolute atomic E-state index is 0.0923. The molecule has 6 aromatic rings. The Labute approximate surface area is 363 Å². The molecule has 1 aromatic heterocycles. The molecule has 1 fully saturated rings. The second-order valence-electron chi connectivity index (χ2n) is 13.7. The van der Waals surface area contributed by atoms with Gasteiger partial charge in [0.05, 0.1) is 0 Å². The van der Waals surface area contributed by atoms with Crippen molar-refractivity contribution in [3.8, 4) is 0 Å². The number of oxime groups is 1. The zero-order valence-electron chi connectivity index (χ0n) is 31.7. The Bertz CT molecular complexity index is 2350. The number of alkyl halides is 1. The summed E-state index contributed by atoms with van der Waals surface area (Å²) in [6, 6.07) is 48.5. The second-order valence-corrected chi connectivity index (χ2v) is 16.4. The van der Waals surface area contributed by atoms with Gasteiger partial charge in [0.15, 0.2) is 16.9 Å². The van der Waals surface area contributed by atoms with Crippen molar-refractivity contribution in [2.45, 2.75) is 23.1 Å². The molecule has 2 N–H and O–H groups in total. The van der Waals surface area contributed by atoms with Crippen LogP contribution in [0.5, 0.6) is 0 Å². The number of hydrogen-bond acceptors (Lipinski definition) is 10. The van der Waals surface area contributed by atoms with Gasteiger partial charge in [0.2, 0.25) is 0 Å². The summed E-state index contributed by atoms with van der Waals surface area (Å²) in [6.45, 7) is 0. The third-order valence-corrected chi connectivity index (χ3v) is 13.2. The number of halogens is 1. The maximum Gasteiger partial charge on any atom is 0.356 e. The molecule has 0 aliphatic carbocycles. The van der Waals surface area contributed by atoms with Gasteiger partial charge in [0.25, 0.3) is 11.8 Å². The van der Waals surface area contributed by atoms with Crippen LogP contribution in [0.15, 0.2) is 173 Å². The van der Waals surface area contributed by atoms with E-state index in [4.69, 9.17) is 14.6 Å². The molecule has 5 aromatic carbocycles. The van der Waals surface area contributed by atoms with Crippen molar-refractivity contribution < 1.29 is 24.0 Å². The summed E-state index contributed by atoms with van der Waals surface area (Å²) in [6.07, 6.45) is -0.684. The van der Waals surface area contributed by atoms with E-state index in [1.54, 1.807) is 5.38 Å². The maximum atomic E-state index is 14.1. The molecule has 8 rings (SSSR count). The van der Waals surface area contributed by atoms with Gasteiger partial charge in [-0.15, -0.1) is 23.1 Å². The third kappa shape index (κ3) is 8.01. The van der Waals surface area contributed by atoms with Gasteiger partial charge in [-0.05, 0) is 33.4 Å². The average molecular weight is 932 g/mol. The number of aromatic nitrogens is 1. The van der Waals surface area contributed by atoms with Gasteiger partial charge in [0, 0.05) is 15.6 Å². The SMILES string of the molecule is CON=C(C(=O)N[C@@H]1C(=O)N2C(C(=O)OC(c3ccccc3)c3ccccc3)=C(CI)CS[C@H]12)c1csc(NC(c2ccccc2)(c2ccccc2)c2ccccc2)n1. The standard InChI is InChI=1S/C46H38IN5O5S2/c1-56-51-37(36-29-59-45(48-36)50-46(33-21-11-4-12-22-33,34-23-13-5-14-24-34)35-25-15-6-16-26-35)41(53)49-38-42(54)52-39(32(27-47)28-58-43(38)52)44(55)57-40(30-17-7-2-8-18-30)31-19-9-3-10-20-31/h2-26,29,38,40,43H,27-28H2,1H3,(H,48,50)(H,49,53)/t38-,43-/m1/s1. The Kier molecular flexibility index (Phi) is 12.2. The number of nitrogens with zero attached hydrogens (tertiary/aromatic N) is 3. The lowest BCUT2D eigenvalue weighted by molar-refractivity contribution is -0.154. The van der Waals surface area contributed by atoms with Crippen LogP contribution >= 0.6 is 45.7 Å². The predicted octanol–water partition coefficient (Wildman–Crippen LogP) is 8.32. The van der Waals surface area contributed by atoms with Crippen molar-refractivity contribution in [1.82, 2.24) is 15.2 Å². The first-order chi connectivity index (χ1) is 28.9. The molecular weight excluding hydrogens is 894 g/mol. The normalized spacial score (nSPS) is 16.6. The van der Waals surface area contributed by atoms with Gasteiger partial charge in [-0.25, -0.2) is 9.78 Å². The second kappa shape index (κ2) is 18.0. The van der Waals surface area contributed by atoms with Crippen LogP contribution in [0.1, 0.15) is 39.6 Å². The van der Waals surface area contributed by atoms with Gasteiger partial charge in [-0.2, -0.15) is 0 Å². The molecule has 0 unspecified atom stereocenters. The van der Waals surface area contributed by atoms with E-state index >= 15 is 0 Å². The van der Waals surface area contributed by atoms with Crippen molar-refractivity contribution in [2.24, 2.45) is 5.16 Å². The highest BCUT2D eigenvalue weighted by Crippen LogP contribution is 2.43. The molecule has 13 heteroatoms. The molecule has 3 heterocycles. The molecule has 0 spiro atoms. The van der Waals surface area contributed by atoms with Crippen LogP contribution in [-0.4, -0.2) is 62.1 Å². The summed E-state index contributed by atoms with van der Waals surface area (Å²) in [4.78, 5) is 53.6. The van der Waals surface area contributed by atoms with Crippen LogP contribution < -0.4 is 10.6 Å². The smallest absolute Gasteiger partial charge is 0.356 e. The molecule has 0 saturated carbocycles. The van der Waals surface area contributed by atoms with Crippen LogP contribution in [0.4, 0.5) is 5.13 Å². The lowest BCUT2D eigenvalue weighted by Crippen LogP contribution is -2.71. The fraction of sp³-hybridized carbons (Fsp3) is 0.152. The zero-order valence-corrected chi connectivity index (χ0v) is 35.5. The molecule has 2 aliphatic heterocycles. The van der Waals surface area contributed by atoms with Crippen LogP contribution in [0.2, 0.25) is 0 Å². The van der Waals surface area contributed by atoms with Gasteiger partial charge in [-0.1, -0.05) is 179 Å². The molecule has 1 saturated heterocycles.